The molecule has 2 aromatic heterocycles. The number of hydrogen-bond donors (Lipinski definition) is 2. The van der Waals surface area contributed by atoms with E-state index in [2.05, 4.69) is 54.8 Å². The summed E-state index contributed by atoms with van der Waals surface area (Å²) in [6.07, 6.45) is 6.48. The van der Waals surface area contributed by atoms with Crippen molar-refractivity contribution in [3.8, 4) is 5.69 Å². The number of hydrogen-bond acceptors (Lipinski definition) is 7. The van der Waals surface area contributed by atoms with Crippen LogP contribution in [0.5, 0.6) is 0 Å². The summed E-state index contributed by atoms with van der Waals surface area (Å²) in [7, 11) is 0. The smallest absolute Gasteiger partial charge is 0.225 e. The van der Waals surface area contributed by atoms with E-state index in [0.717, 1.165) is 38.0 Å². The molecular formula is C19H23N7O. The summed E-state index contributed by atoms with van der Waals surface area (Å²) in [4.78, 5) is 11.4. The van der Waals surface area contributed by atoms with E-state index in [1.165, 1.54) is 18.5 Å². The van der Waals surface area contributed by atoms with Gasteiger partial charge in [0.05, 0.1) is 18.0 Å². The fourth-order valence-electron chi connectivity index (χ4n) is 4.02. The maximum Gasteiger partial charge on any atom is 0.225 e. The second-order valence-corrected chi connectivity index (χ2v) is 7.42. The third kappa shape index (κ3) is 3.21. The highest BCUT2D eigenvalue weighted by molar-refractivity contribution is 5.72. The van der Waals surface area contributed by atoms with Gasteiger partial charge in [-0.2, -0.15) is 9.67 Å². The Morgan fingerprint density at radius 1 is 1.04 bits per heavy atom. The van der Waals surface area contributed by atoms with Crippen molar-refractivity contribution in [3.63, 3.8) is 0 Å². The number of nitrogens with one attached hydrogen (secondary N) is 1. The fourth-order valence-corrected chi connectivity index (χ4v) is 4.02. The molecule has 3 aromatic rings. The van der Waals surface area contributed by atoms with E-state index in [9.17, 15) is 5.11 Å². The van der Waals surface area contributed by atoms with Crippen LogP contribution < -0.4 is 10.2 Å². The van der Waals surface area contributed by atoms with Crippen molar-refractivity contribution in [1.82, 2.24) is 25.0 Å². The Morgan fingerprint density at radius 3 is 2.56 bits per heavy atom. The number of fused-ring (bicyclic) bond motifs is 1. The van der Waals surface area contributed by atoms with Gasteiger partial charge in [0.25, 0.3) is 0 Å². The molecule has 1 saturated carbocycles. The molecular weight excluding hydrogens is 342 g/mol. The average Bonchev–Trinajstić information content (AvgIpc) is 3.43. The largest absolute Gasteiger partial charge is 0.393 e. The Bertz CT molecular complexity index is 933. The summed E-state index contributed by atoms with van der Waals surface area (Å²) >= 11 is 0. The first kappa shape index (κ1) is 16.4. The number of aliphatic hydroxyl groups excluding tert-OH is 1. The van der Waals surface area contributed by atoms with E-state index in [1.807, 2.05) is 0 Å². The molecule has 0 amide bonds. The zero-order chi connectivity index (χ0) is 18.2. The van der Waals surface area contributed by atoms with E-state index in [4.69, 9.17) is 0 Å². The van der Waals surface area contributed by atoms with E-state index in [0.29, 0.717) is 17.1 Å². The zero-order valence-corrected chi connectivity index (χ0v) is 15.1. The summed E-state index contributed by atoms with van der Waals surface area (Å²) in [6.45, 7) is 2.26. The third-order valence-corrected chi connectivity index (χ3v) is 5.50. The fraction of sp³-hybridized carbons (Fsp3) is 0.474. The van der Waals surface area contributed by atoms with Crippen LogP contribution in [0.25, 0.3) is 16.9 Å². The molecule has 1 aromatic carbocycles. The molecule has 0 bridgehead atoms. The first-order chi connectivity index (χ1) is 13.3. The van der Waals surface area contributed by atoms with Gasteiger partial charge in [-0.05, 0) is 56.4 Å². The zero-order valence-electron chi connectivity index (χ0n) is 15.1. The summed E-state index contributed by atoms with van der Waals surface area (Å²) < 4.78 is 1.75. The predicted octanol–water partition coefficient (Wildman–Crippen LogP) is 2.14. The minimum atomic E-state index is -0.229. The lowest BCUT2D eigenvalue weighted by atomic mass is 10.2. The van der Waals surface area contributed by atoms with E-state index in [1.54, 1.807) is 10.9 Å². The average molecular weight is 365 g/mol. The minimum Gasteiger partial charge on any atom is -0.393 e. The molecule has 3 heterocycles. The van der Waals surface area contributed by atoms with Gasteiger partial charge in [-0.25, -0.2) is 4.98 Å². The van der Waals surface area contributed by atoms with Gasteiger partial charge in [-0.1, -0.05) is 5.21 Å². The standard InChI is InChI=1S/C19H23N7O/c27-16-8-3-13(11-16)21-19-20-12-17-18(22-19)26(24-23-17)15-6-4-14(5-7-15)25-9-1-2-10-25/h4-7,12-13,16,27H,1-3,8-11H2,(H,20,21,22)/t13-,16-/m0/s1. The Labute approximate surface area is 157 Å². The van der Waals surface area contributed by atoms with Gasteiger partial charge < -0.3 is 15.3 Å². The number of rotatable bonds is 4. The molecule has 140 valence electrons. The molecule has 1 saturated heterocycles. The van der Waals surface area contributed by atoms with Crippen LogP contribution in [0.1, 0.15) is 32.1 Å². The van der Waals surface area contributed by atoms with Crippen molar-refractivity contribution >= 4 is 22.8 Å². The quantitative estimate of drug-likeness (QED) is 0.732. The van der Waals surface area contributed by atoms with Crippen LogP contribution in [0, 0.1) is 0 Å². The summed E-state index contributed by atoms with van der Waals surface area (Å²) in [5, 5.41) is 21.5. The second kappa shape index (κ2) is 6.77. The van der Waals surface area contributed by atoms with Crippen molar-refractivity contribution in [1.29, 1.82) is 0 Å². The molecule has 27 heavy (non-hydrogen) atoms. The van der Waals surface area contributed by atoms with Crippen LogP contribution in [0.3, 0.4) is 0 Å². The lowest BCUT2D eigenvalue weighted by Crippen LogP contribution is -2.18. The van der Waals surface area contributed by atoms with Crippen LogP contribution >= 0.6 is 0 Å². The number of benzene rings is 1. The number of nitrogens with zero attached hydrogens (tertiary/aromatic N) is 6. The van der Waals surface area contributed by atoms with Gasteiger partial charge in [0.15, 0.2) is 11.2 Å². The Morgan fingerprint density at radius 2 is 1.81 bits per heavy atom. The first-order valence-corrected chi connectivity index (χ1v) is 9.65. The lowest BCUT2D eigenvalue weighted by Gasteiger charge is -2.17. The Balaban J connectivity index is 1.41. The minimum absolute atomic E-state index is 0.210. The summed E-state index contributed by atoms with van der Waals surface area (Å²) in [5.41, 5.74) is 3.52. The van der Waals surface area contributed by atoms with Crippen LogP contribution in [0.4, 0.5) is 11.6 Å². The number of aromatic nitrogens is 5. The van der Waals surface area contributed by atoms with E-state index >= 15 is 0 Å². The monoisotopic (exact) mass is 365 g/mol. The SMILES string of the molecule is O[C@H]1CC[C@H](Nc2ncc3nnn(-c4ccc(N5CCCC5)cc4)c3n2)C1. The van der Waals surface area contributed by atoms with Gasteiger partial charge in [0, 0.05) is 24.8 Å². The normalized spacial score (nSPS) is 22.6. The van der Waals surface area contributed by atoms with E-state index < -0.39 is 0 Å². The lowest BCUT2D eigenvalue weighted by molar-refractivity contribution is 0.182. The molecule has 0 radical (unpaired) electrons. The van der Waals surface area contributed by atoms with Gasteiger partial charge in [-0.15, -0.1) is 5.10 Å². The van der Waals surface area contributed by atoms with Crippen molar-refractivity contribution in [2.75, 3.05) is 23.3 Å². The summed E-state index contributed by atoms with van der Waals surface area (Å²) in [5.74, 6) is 0.554. The molecule has 2 aliphatic rings. The van der Waals surface area contributed by atoms with Crippen molar-refractivity contribution < 1.29 is 5.11 Å². The van der Waals surface area contributed by atoms with Crippen LogP contribution in [-0.4, -0.2) is 55.3 Å². The van der Waals surface area contributed by atoms with Gasteiger partial charge in [0.1, 0.15) is 0 Å². The third-order valence-electron chi connectivity index (χ3n) is 5.50. The molecule has 0 unspecified atom stereocenters. The van der Waals surface area contributed by atoms with Gasteiger partial charge >= 0.3 is 0 Å². The highest BCUT2D eigenvalue weighted by Crippen LogP contribution is 2.24. The maximum atomic E-state index is 9.70. The molecule has 0 spiro atoms. The molecule has 2 N–H and O–H groups in total. The topological polar surface area (TPSA) is 92.0 Å². The highest BCUT2D eigenvalue weighted by atomic mass is 16.3. The molecule has 2 atom stereocenters. The molecule has 1 aliphatic heterocycles. The first-order valence-electron chi connectivity index (χ1n) is 9.65. The Hall–Kier alpha value is -2.74. The number of aliphatic hydroxyl groups is 1. The van der Waals surface area contributed by atoms with Crippen LogP contribution in [0.15, 0.2) is 30.5 Å². The molecule has 8 heteroatoms. The predicted molar refractivity (Wildman–Crippen MR) is 103 cm³/mol. The van der Waals surface area contributed by atoms with Crippen LogP contribution in [-0.2, 0) is 0 Å². The molecule has 5 rings (SSSR count). The van der Waals surface area contributed by atoms with Gasteiger partial charge in [0.2, 0.25) is 5.95 Å². The van der Waals surface area contributed by atoms with Crippen molar-refractivity contribution in [2.45, 2.75) is 44.2 Å². The molecule has 8 nitrogen and oxygen atoms in total. The highest BCUT2D eigenvalue weighted by Gasteiger charge is 2.23. The van der Waals surface area contributed by atoms with Crippen molar-refractivity contribution in [2.24, 2.45) is 0 Å². The number of anilines is 2. The Kier molecular flexibility index (Phi) is 4.12. The second-order valence-electron chi connectivity index (χ2n) is 7.42. The van der Waals surface area contributed by atoms with E-state index in [-0.39, 0.29) is 12.1 Å². The van der Waals surface area contributed by atoms with Gasteiger partial charge in [-0.3, -0.25) is 0 Å². The summed E-state index contributed by atoms with van der Waals surface area (Å²) in [6, 6.07) is 8.60. The van der Waals surface area contributed by atoms with Crippen molar-refractivity contribution in [3.05, 3.63) is 30.5 Å². The maximum absolute atomic E-state index is 9.70. The van der Waals surface area contributed by atoms with Crippen LogP contribution in [0.2, 0.25) is 0 Å². The molecule has 2 fully saturated rings. The molecule has 1 aliphatic carbocycles.